The first kappa shape index (κ1) is 24.8. The number of anilines is 1. The second-order valence-corrected chi connectivity index (χ2v) is 11.8. The van der Waals surface area contributed by atoms with Crippen LogP contribution in [0.2, 0.25) is 0 Å². The molecule has 3 aliphatic heterocycles. The third-order valence-electron chi connectivity index (χ3n) is 9.34. The van der Waals surface area contributed by atoms with Gasteiger partial charge in [-0.2, -0.15) is 13.2 Å². The molecule has 39 heavy (non-hydrogen) atoms. The van der Waals surface area contributed by atoms with Crippen molar-refractivity contribution in [2.75, 3.05) is 31.2 Å². The van der Waals surface area contributed by atoms with Crippen LogP contribution in [0.3, 0.4) is 0 Å². The van der Waals surface area contributed by atoms with Gasteiger partial charge in [0.25, 0.3) is 5.91 Å². The molecule has 4 heterocycles. The van der Waals surface area contributed by atoms with E-state index in [9.17, 15) is 18.0 Å². The molecule has 0 radical (unpaired) electrons. The molecule has 7 rings (SSSR count). The Kier molecular flexibility index (Phi) is 5.48. The zero-order valence-electron chi connectivity index (χ0n) is 21.9. The van der Waals surface area contributed by atoms with Gasteiger partial charge in [-0.1, -0.05) is 19.1 Å². The number of nitrogens with zero attached hydrogens (tertiary/aromatic N) is 5. The lowest BCUT2D eigenvalue weighted by atomic mass is 9.75. The molecule has 4 aliphatic rings. The topological polar surface area (TPSA) is 63.5 Å². The summed E-state index contributed by atoms with van der Waals surface area (Å²) in [6.45, 7) is 5.38. The Labute approximate surface area is 224 Å². The highest BCUT2D eigenvalue weighted by Gasteiger charge is 2.52. The summed E-state index contributed by atoms with van der Waals surface area (Å²) in [5.74, 6) is 2.46. The van der Waals surface area contributed by atoms with E-state index in [1.54, 1.807) is 18.5 Å². The van der Waals surface area contributed by atoms with Crippen LogP contribution in [0, 0.1) is 17.8 Å². The first-order valence-corrected chi connectivity index (χ1v) is 13.4. The van der Waals surface area contributed by atoms with E-state index in [0.717, 1.165) is 24.5 Å². The summed E-state index contributed by atoms with van der Waals surface area (Å²) in [6, 6.07) is 10.5. The molecule has 10 heteroatoms. The number of alkyl halides is 3. The van der Waals surface area contributed by atoms with Crippen LogP contribution in [-0.2, 0) is 42.9 Å². The highest BCUT2D eigenvalue weighted by atomic mass is 19.4. The van der Waals surface area contributed by atoms with Crippen molar-refractivity contribution < 1.29 is 22.7 Å². The van der Waals surface area contributed by atoms with Crippen molar-refractivity contribution in [1.82, 2.24) is 19.7 Å². The van der Waals surface area contributed by atoms with Gasteiger partial charge in [0, 0.05) is 49.8 Å². The minimum absolute atomic E-state index is 0.0559. The van der Waals surface area contributed by atoms with Gasteiger partial charge in [-0.3, -0.25) is 9.69 Å². The second-order valence-electron chi connectivity index (χ2n) is 11.8. The summed E-state index contributed by atoms with van der Waals surface area (Å²) in [4.78, 5) is 17.3. The number of hydrogen-bond acceptors (Lipinski definition) is 5. The molecule has 3 fully saturated rings. The van der Waals surface area contributed by atoms with Gasteiger partial charge in [0.15, 0.2) is 0 Å². The van der Waals surface area contributed by atoms with Gasteiger partial charge in [-0.15, -0.1) is 10.2 Å². The van der Waals surface area contributed by atoms with E-state index in [-0.39, 0.29) is 29.0 Å². The number of aromatic nitrogens is 3. The average molecular weight is 538 g/mol. The Morgan fingerprint density at radius 1 is 1.13 bits per heavy atom. The number of benzene rings is 2. The van der Waals surface area contributed by atoms with Gasteiger partial charge >= 0.3 is 6.18 Å². The van der Waals surface area contributed by atoms with E-state index in [4.69, 9.17) is 4.74 Å². The van der Waals surface area contributed by atoms with E-state index >= 15 is 0 Å². The van der Waals surface area contributed by atoms with Crippen LogP contribution in [-0.4, -0.2) is 51.9 Å². The average Bonchev–Trinajstić information content (AvgIpc) is 3.28. The van der Waals surface area contributed by atoms with Crippen molar-refractivity contribution in [2.24, 2.45) is 24.8 Å². The van der Waals surface area contributed by atoms with Gasteiger partial charge < -0.3 is 14.2 Å². The van der Waals surface area contributed by atoms with Crippen molar-refractivity contribution >= 4 is 11.6 Å². The zero-order valence-corrected chi connectivity index (χ0v) is 21.9. The maximum atomic E-state index is 14.2. The summed E-state index contributed by atoms with van der Waals surface area (Å²) in [6.07, 6.45) is -2.28. The Morgan fingerprint density at radius 3 is 2.54 bits per heavy atom. The summed E-state index contributed by atoms with van der Waals surface area (Å²) >= 11 is 0. The van der Waals surface area contributed by atoms with Gasteiger partial charge in [0.1, 0.15) is 12.2 Å². The minimum Gasteiger partial charge on any atom is -0.379 e. The third kappa shape index (κ3) is 4.07. The molecular weight excluding hydrogens is 507 g/mol. The highest BCUT2D eigenvalue weighted by molar-refractivity contribution is 6.10. The highest BCUT2D eigenvalue weighted by Crippen LogP contribution is 2.51. The first-order valence-electron chi connectivity index (χ1n) is 13.4. The Hall–Kier alpha value is -3.24. The smallest absolute Gasteiger partial charge is 0.379 e. The molecule has 1 aliphatic carbocycles. The number of halogens is 3. The number of carbonyl (C=O) groups excluding carboxylic acids is 1. The fraction of sp³-hybridized carbons (Fsp3) is 0.483. The fourth-order valence-electron chi connectivity index (χ4n) is 6.81. The lowest BCUT2D eigenvalue weighted by Crippen LogP contribution is -2.49. The Bertz CT molecular complexity index is 1450. The molecular formula is C29H30F3N5O2. The maximum absolute atomic E-state index is 14.2. The molecule has 0 bridgehead atoms. The van der Waals surface area contributed by atoms with Crippen molar-refractivity contribution in [1.29, 1.82) is 0 Å². The van der Waals surface area contributed by atoms with E-state index in [1.807, 2.05) is 29.8 Å². The monoisotopic (exact) mass is 537 g/mol. The number of piperidine rings is 1. The molecule has 2 aromatic carbocycles. The summed E-state index contributed by atoms with van der Waals surface area (Å²) < 4.78 is 50.1. The van der Waals surface area contributed by atoms with Crippen LogP contribution >= 0.6 is 0 Å². The van der Waals surface area contributed by atoms with E-state index in [0.29, 0.717) is 55.2 Å². The van der Waals surface area contributed by atoms with Gasteiger partial charge in [0.2, 0.25) is 0 Å². The molecule has 0 N–H and O–H groups in total. The predicted octanol–water partition coefficient (Wildman–Crippen LogP) is 4.20. The Morgan fingerprint density at radius 2 is 1.90 bits per heavy atom. The van der Waals surface area contributed by atoms with Crippen molar-refractivity contribution in [3.8, 4) is 0 Å². The molecule has 2 saturated heterocycles. The number of aryl methyl sites for hydroxylation is 1. The fourth-order valence-corrected chi connectivity index (χ4v) is 6.81. The molecule has 0 unspecified atom stereocenters. The van der Waals surface area contributed by atoms with Crippen LogP contribution in [0.15, 0.2) is 42.7 Å². The number of fused-ring (bicyclic) bond motifs is 2. The summed E-state index contributed by atoms with van der Waals surface area (Å²) in [5, 5.41) is 8.19. The predicted molar refractivity (Wildman–Crippen MR) is 137 cm³/mol. The van der Waals surface area contributed by atoms with E-state index in [1.165, 1.54) is 11.0 Å². The molecule has 1 saturated carbocycles. The van der Waals surface area contributed by atoms with Gasteiger partial charge in [0.05, 0.1) is 25.3 Å². The number of carbonyl (C=O) groups is 1. The normalized spacial score (nSPS) is 25.5. The largest absolute Gasteiger partial charge is 0.416 e. The molecule has 1 aromatic heterocycles. The van der Waals surface area contributed by atoms with Gasteiger partial charge in [-0.25, -0.2) is 0 Å². The zero-order chi connectivity index (χ0) is 27.1. The molecule has 204 valence electrons. The third-order valence-corrected chi connectivity index (χ3v) is 9.34. The molecule has 3 aromatic rings. The van der Waals surface area contributed by atoms with Crippen molar-refractivity contribution in [3.05, 3.63) is 76.4 Å². The van der Waals surface area contributed by atoms with E-state index in [2.05, 4.69) is 22.0 Å². The van der Waals surface area contributed by atoms with Crippen LogP contribution in [0.1, 0.15) is 45.4 Å². The number of ether oxygens (including phenoxy) is 1. The van der Waals surface area contributed by atoms with Gasteiger partial charge in [-0.05, 0) is 58.7 Å². The minimum atomic E-state index is -4.54. The number of amides is 1. The summed E-state index contributed by atoms with van der Waals surface area (Å²) in [7, 11) is 1.89. The van der Waals surface area contributed by atoms with Crippen molar-refractivity contribution in [2.45, 2.75) is 38.0 Å². The SMILES string of the molecule is C[C@H]1[C@H]2CN(Cc3cc4c(c(C(F)(F)F)c3)CN(c3cccc(C5(Cc6nncn6C)COC5)c3)C4=O)C[C@@H]12. The standard InChI is InChI=1S/C29H30F3N5O2/c1-17-22-11-36(12-23(17)22)10-18-6-21-24(25(7-18)29(30,31)32)13-37(27(21)38)20-5-3-4-19(8-20)28(14-39-15-28)9-26-34-33-16-35(26)2/h3-8,16-17,22-23H,9-15H2,1-2H3/t17-,22+,23-. The lowest BCUT2D eigenvalue weighted by Gasteiger charge is -2.42. The molecule has 1 amide bonds. The number of hydrogen-bond donors (Lipinski definition) is 0. The van der Waals surface area contributed by atoms with Crippen LogP contribution in [0.25, 0.3) is 0 Å². The number of likely N-dealkylation sites (tertiary alicyclic amines) is 1. The van der Waals surface area contributed by atoms with Crippen LogP contribution in [0.4, 0.5) is 18.9 Å². The number of rotatable bonds is 6. The Balaban J connectivity index is 1.18. The molecule has 7 nitrogen and oxygen atoms in total. The first-order chi connectivity index (χ1) is 18.6. The lowest BCUT2D eigenvalue weighted by molar-refractivity contribution is -0.138. The molecule has 0 spiro atoms. The second kappa shape index (κ2) is 8.63. The van der Waals surface area contributed by atoms with Crippen LogP contribution < -0.4 is 4.90 Å². The van der Waals surface area contributed by atoms with E-state index < -0.39 is 11.7 Å². The quantitative estimate of drug-likeness (QED) is 0.472. The molecule has 3 atom stereocenters. The van der Waals surface area contributed by atoms with Crippen molar-refractivity contribution in [3.63, 3.8) is 0 Å². The van der Waals surface area contributed by atoms with Crippen LogP contribution in [0.5, 0.6) is 0 Å². The summed E-state index contributed by atoms with van der Waals surface area (Å²) in [5.41, 5.74) is 1.28. The maximum Gasteiger partial charge on any atom is 0.416 e.